The molecule has 0 radical (unpaired) electrons. The van der Waals surface area contributed by atoms with E-state index in [1.165, 1.54) is 41.5 Å². The third kappa shape index (κ3) is 5.48. The van der Waals surface area contributed by atoms with Crippen LogP contribution in [-0.4, -0.2) is 3.21 Å². The van der Waals surface area contributed by atoms with Gasteiger partial charge >= 0.3 is 205 Å². The first-order chi connectivity index (χ1) is 15.1. The molecule has 0 bridgehead atoms. The monoisotopic (exact) mass is 572 g/mol. The molecule has 2 aliphatic carbocycles. The van der Waals surface area contributed by atoms with E-state index in [-0.39, 0.29) is 35.6 Å². The average molecular weight is 575 g/mol. The van der Waals surface area contributed by atoms with Crippen molar-refractivity contribution >= 4 is 3.21 Å². The molecule has 3 heteroatoms. The zero-order chi connectivity index (χ0) is 23.3. The molecule has 0 N–H and O–H groups in total. The number of fused-ring (bicyclic) bond motifs is 3. The maximum atomic E-state index is 2.53. The summed E-state index contributed by atoms with van der Waals surface area (Å²) < 4.78 is 4.28. The van der Waals surface area contributed by atoms with Crippen LogP contribution < -0.4 is 24.8 Å². The summed E-state index contributed by atoms with van der Waals surface area (Å²) in [5.74, 6) is 0. The van der Waals surface area contributed by atoms with E-state index in [0.29, 0.717) is 3.63 Å². The zero-order valence-corrected chi connectivity index (χ0v) is 26.1. The largest absolute Gasteiger partial charge is 1.00 e. The van der Waals surface area contributed by atoms with Crippen molar-refractivity contribution in [2.45, 2.75) is 89.1 Å². The van der Waals surface area contributed by atoms with Crippen molar-refractivity contribution in [2.24, 2.45) is 0 Å². The number of hydrogen-bond donors (Lipinski definition) is 0. The molecule has 2 aliphatic rings. The summed E-state index contributed by atoms with van der Waals surface area (Å²) in [6.45, 7) is 18.8. The Balaban J connectivity index is 0.00000204. The predicted octanol–water partition coefficient (Wildman–Crippen LogP) is 2.81. The van der Waals surface area contributed by atoms with Gasteiger partial charge < -0.3 is 24.8 Å². The third-order valence-corrected chi connectivity index (χ3v) is 16.6. The van der Waals surface area contributed by atoms with E-state index in [1.807, 2.05) is 3.21 Å². The molecule has 0 aromatic heterocycles. The molecule has 0 atom stereocenters. The topological polar surface area (TPSA) is 0 Å². The fourth-order valence-corrected chi connectivity index (χ4v) is 14.6. The quantitative estimate of drug-likeness (QED) is 0.527. The Morgan fingerprint density at radius 2 is 1.26 bits per heavy atom. The fraction of sp³-hybridized carbons (Fsp3) is 0.452. The first-order valence-corrected chi connectivity index (χ1v) is 16.3. The van der Waals surface area contributed by atoms with Crippen molar-refractivity contribution in [1.82, 2.24) is 0 Å². The van der Waals surface area contributed by atoms with Gasteiger partial charge in [-0.05, 0) is 0 Å². The van der Waals surface area contributed by atoms with Crippen LogP contribution in [0.5, 0.6) is 0 Å². The van der Waals surface area contributed by atoms with Crippen LogP contribution >= 0.6 is 0 Å². The van der Waals surface area contributed by atoms with Crippen LogP contribution in [0.2, 0.25) is 0 Å². The smallest absolute Gasteiger partial charge is 1.00 e. The second-order valence-corrected chi connectivity index (χ2v) is 18.4. The number of benzene rings is 2. The molecule has 0 amide bonds. The molecule has 4 rings (SSSR count). The zero-order valence-electron chi connectivity index (χ0n) is 22.2. The van der Waals surface area contributed by atoms with Crippen molar-refractivity contribution < 1.29 is 46.1 Å². The third-order valence-electron chi connectivity index (χ3n) is 7.39. The molecule has 0 fully saturated rings. The van der Waals surface area contributed by atoms with Gasteiger partial charge in [0.1, 0.15) is 0 Å². The standard InChI is InChI=1S/C21H25.C5H5.C5H10.2ClH.Zr/c1-20(2,3)16-9-7-14-11-15-8-10-17(21(4,5)6)13-19(15)18(14)12-16;1-2-4-5-3-1;1-3-5-4-2;;;/h7-13H,1-6H3;1-3H,4H2;3-4H2,1-2H3;2*1H;/q;;;;;+2/p-2. The maximum absolute atomic E-state index is 2.53. The van der Waals surface area contributed by atoms with Gasteiger partial charge in [0.2, 0.25) is 0 Å². The number of rotatable bonds is 4. The van der Waals surface area contributed by atoms with Crippen LogP contribution in [0.25, 0.3) is 11.1 Å². The first kappa shape index (κ1) is 29.5. The van der Waals surface area contributed by atoms with E-state index < -0.39 is 21.3 Å². The Bertz CT molecular complexity index is 1070. The second kappa shape index (κ2) is 11.1. The number of halogens is 2. The molecule has 2 aromatic carbocycles. The molecule has 0 heterocycles. The molecule has 0 saturated carbocycles. The van der Waals surface area contributed by atoms with Gasteiger partial charge in [-0.2, -0.15) is 0 Å². The Kier molecular flexibility index (Phi) is 9.63. The molecule has 0 nitrogen and oxygen atoms in total. The summed E-state index contributed by atoms with van der Waals surface area (Å²) in [7, 11) is 0. The molecule has 0 aliphatic heterocycles. The molecule has 0 unspecified atom stereocenters. The molecular formula is C31H40Cl2Zr. The maximum Gasteiger partial charge on any atom is -1.00 e. The van der Waals surface area contributed by atoms with E-state index in [1.54, 1.807) is 14.4 Å². The van der Waals surface area contributed by atoms with Crippen molar-refractivity contribution in [3.05, 3.63) is 80.2 Å². The van der Waals surface area contributed by atoms with Crippen LogP contribution in [0, 0.1) is 0 Å². The molecule has 182 valence electrons. The molecular weight excluding hydrogens is 534 g/mol. The normalized spacial score (nSPS) is 14.4. The minimum absolute atomic E-state index is 0. The Hall–Kier alpha value is -0.747. The Morgan fingerprint density at radius 1 is 0.794 bits per heavy atom. The van der Waals surface area contributed by atoms with Gasteiger partial charge in [0, 0.05) is 0 Å². The number of allylic oxidation sites excluding steroid dienone is 4. The van der Waals surface area contributed by atoms with E-state index >= 15 is 0 Å². The Labute approximate surface area is 228 Å². The fourth-order valence-electron chi connectivity index (χ4n) is 5.39. The van der Waals surface area contributed by atoms with Crippen molar-refractivity contribution in [2.75, 3.05) is 0 Å². The van der Waals surface area contributed by atoms with Gasteiger partial charge in [0.25, 0.3) is 0 Å². The van der Waals surface area contributed by atoms with Gasteiger partial charge in [-0.25, -0.2) is 0 Å². The van der Waals surface area contributed by atoms with Crippen molar-refractivity contribution in [3.8, 4) is 11.1 Å². The summed E-state index contributed by atoms with van der Waals surface area (Å²) in [6.07, 6.45) is 10.8. The van der Waals surface area contributed by atoms with Crippen molar-refractivity contribution in [1.29, 1.82) is 0 Å². The minimum atomic E-state index is -2.08. The van der Waals surface area contributed by atoms with Gasteiger partial charge in [0.05, 0.1) is 0 Å². The Morgan fingerprint density at radius 3 is 1.62 bits per heavy atom. The van der Waals surface area contributed by atoms with E-state index in [0.717, 1.165) is 0 Å². The second-order valence-electron chi connectivity index (χ2n) is 11.6. The summed E-state index contributed by atoms with van der Waals surface area (Å²) >= 11 is -2.08. The van der Waals surface area contributed by atoms with Crippen molar-refractivity contribution in [3.63, 3.8) is 0 Å². The van der Waals surface area contributed by atoms with Gasteiger partial charge in [-0.15, -0.1) is 0 Å². The SMILES string of the molecule is CC[C](CC)=[Zr+2]([C]1=CC=CC1)[CH]1c2ccc(C(C)(C)C)cc2-c2cc(C(C)(C)C)ccc21.[Cl-].[Cl-]. The summed E-state index contributed by atoms with van der Waals surface area (Å²) in [4.78, 5) is 0. The molecule has 0 spiro atoms. The van der Waals surface area contributed by atoms with Crippen LogP contribution in [0.15, 0.2) is 57.9 Å². The van der Waals surface area contributed by atoms with Crippen LogP contribution in [0.4, 0.5) is 0 Å². The van der Waals surface area contributed by atoms with Crippen LogP contribution in [-0.2, 0) is 32.1 Å². The van der Waals surface area contributed by atoms with Gasteiger partial charge in [0.15, 0.2) is 0 Å². The average Bonchev–Trinajstić information content (AvgIpc) is 3.36. The number of hydrogen-bond acceptors (Lipinski definition) is 0. The molecule has 0 saturated heterocycles. The molecule has 34 heavy (non-hydrogen) atoms. The molecule has 2 aromatic rings. The van der Waals surface area contributed by atoms with E-state index in [2.05, 4.69) is 110 Å². The van der Waals surface area contributed by atoms with Gasteiger partial charge in [-0.1, -0.05) is 0 Å². The summed E-state index contributed by atoms with van der Waals surface area (Å²) in [5, 5.41) is 0. The summed E-state index contributed by atoms with van der Waals surface area (Å²) in [6, 6.07) is 14.9. The van der Waals surface area contributed by atoms with Gasteiger partial charge in [-0.3, -0.25) is 0 Å². The van der Waals surface area contributed by atoms with E-state index in [4.69, 9.17) is 0 Å². The van der Waals surface area contributed by atoms with Crippen LogP contribution in [0.3, 0.4) is 0 Å². The summed E-state index contributed by atoms with van der Waals surface area (Å²) in [5.41, 5.74) is 9.48. The first-order valence-electron chi connectivity index (χ1n) is 12.4. The predicted molar refractivity (Wildman–Crippen MR) is 139 cm³/mol. The van der Waals surface area contributed by atoms with E-state index in [9.17, 15) is 0 Å². The van der Waals surface area contributed by atoms with Crippen LogP contribution in [0.1, 0.15) is 101 Å². The minimum Gasteiger partial charge on any atom is -1.00 e.